The molecule has 4 rings (SSSR count). The van der Waals surface area contributed by atoms with Crippen molar-refractivity contribution in [2.75, 3.05) is 17.2 Å². The van der Waals surface area contributed by atoms with Gasteiger partial charge >= 0.3 is 0 Å². The molecule has 3 aromatic rings. The summed E-state index contributed by atoms with van der Waals surface area (Å²) in [4.78, 5) is 28.0. The molecule has 2 N–H and O–H groups in total. The quantitative estimate of drug-likeness (QED) is 0.712. The maximum absolute atomic E-state index is 12.1. The fraction of sp³-hybridized carbons (Fsp3) is 0.200. The molecule has 1 aliphatic heterocycles. The van der Waals surface area contributed by atoms with E-state index in [-0.39, 0.29) is 30.9 Å². The third-order valence-electron chi connectivity index (χ3n) is 4.43. The molecule has 28 heavy (non-hydrogen) atoms. The molecule has 0 bridgehead atoms. The molecule has 1 aliphatic rings. The Labute approximate surface area is 161 Å². The van der Waals surface area contributed by atoms with E-state index in [4.69, 9.17) is 4.74 Å². The predicted molar refractivity (Wildman–Crippen MR) is 103 cm³/mol. The first kappa shape index (κ1) is 17.7. The van der Waals surface area contributed by atoms with Gasteiger partial charge in [-0.05, 0) is 42.3 Å². The average molecular weight is 377 g/mol. The molecule has 2 heterocycles. The van der Waals surface area contributed by atoms with Crippen LogP contribution >= 0.6 is 0 Å². The number of aryl methyl sites for hydroxylation is 1. The highest BCUT2D eigenvalue weighted by molar-refractivity contribution is 5.92. The Morgan fingerprint density at radius 3 is 2.89 bits per heavy atom. The van der Waals surface area contributed by atoms with Gasteiger partial charge in [-0.2, -0.15) is 10.1 Å². The van der Waals surface area contributed by atoms with E-state index in [1.54, 1.807) is 16.8 Å². The smallest absolute Gasteiger partial charge is 0.262 e. The number of fused-ring (bicyclic) bond motifs is 1. The van der Waals surface area contributed by atoms with Crippen LogP contribution in [0.25, 0.3) is 0 Å². The molecular weight excluding hydrogens is 358 g/mol. The van der Waals surface area contributed by atoms with Gasteiger partial charge in [-0.3, -0.25) is 14.9 Å². The summed E-state index contributed by atoms with van der Waals surface area (Å²) in [6.07, 6.45) is 1.70. The molecule has 2 amide bonds. The normalized spacial score (nSPS) is 15.5. The molecule has 8 heteroatoms. The third kappa shape index (κ3) is 3.85. The maximum Gasteiger partial charge on any atom is 0.262 e. The molecule has 0 radical (unpaired) electrons. The number of ether oxygens (including phenoxy) is 1. The Kier molecular flexibility index (Phi) is 4.76. The number of carbonyl (C=O) groups excluding carboxylic acids is 2. The van der Waals surface area contributed by atoms with E-state index < -0.39 is 0 Å². The summed E-state index contributed by atoms with van der Waals surface area (Å²) in [6, 6.07) is 14.6. The second-order valence-corrected chi connectivity index (χ2v) is 6.57. The largest absolute Gasteiger partial charge is 0.484 e. The highest BCUT2D eigenvalue weighted by Crippen LogP contribution is 2.29. The molecular formula is C20H19N5O3. The van der Waals surface area contributed by atoms with Crippen molar-refractivity contribution in [1.29, 1.82) is 0 Å². The van der Waals surface area contributed by atoms with E-state index in [1.807, 2.05) is 43.3 Å². The summed E-state index contributed by atoms with van der Waals surface area (Å²) in [5.41, 5.74) is 2.72. The highest BCUT2D eigenvalue weighted by atomic mass is 16.5. The maximum atomic E-state index is 12.1. The summed E-state index contributed by atoms with van der Waals surface area (Å²) in [5, 5.41) is 9.67. The van der Waals surface area contributed by atoms with Gasteiger partial charge in [0.1, 0.15) is 12.1 Å². The molecule has 142 valence electrons. The number of hydrogen-bond donors (Lipinski definition) is 2. The van der Waals surface area contributed by atoms with E-state index in [9.17, 15) is 9.59 Å². The number of hydrogen-bond acceptors (Lipinski definition) is 5. The van der Waals surface area contributed by atoms with Gasteiger partial charge in [0.2, 0.25) is 11.9 Å². The molecule has 0 saturated heterocycles. The number of rotatable bonds is 5. The Morgan fingerprint density at radius 1 is 1.29 bits per heavy atom. The molecule has 8 nitrogen and oxygen atoms in total. The zero-order chi connectivity index (χ0) is 19.5. The minimum atomic E-state index is -0.231. The van der Waals surface area contributed by atoms with E-state index in [1.165, 1.54) is 6.33 Å². The predicted octanol–water partition coefficient (Wildman–Crippen LogP) is 2.54. The van der Waals surface area contributed by atoms with E-state index in [0.29, 0.717) is 11.7 Å². The topological polar surface area (TPSA) is 98.1 Å². The number of amides is 2. The van der Waals surface area contributed by atoms with E-state index >= 15 is 0 Å². The molecule has 1 unspecified atom stereocenters. The first-order valence-electron chi connectivity index (χ1n) is 8.87. The van der Waals surface area contributed by atoms with Crippen molar-refractivity contribution >= 4 is 23.5 Å². The number of nitrogens with zero attached hydrogens (tertiary/aromatic N) is 3. The van der Waals surface area contributed by atoms with Crippen molar-refractivity contribution < 1.29 is 14.3 Å². The van der Waals surface area contributed by atoms with E-state index in [0.717, 1.165) is 16.8 Å². The van der Waals surface area contributed by atoms with Crippen LogP contribution in [0.15, 0.2) is 54.9 Å². The van der Waals surface area contributed by atoms with Crippen molar-refractivity contribution in [3.8, 4) is 5.75 Å². The summed E-state index contributed by atoms with van der Waals surface area (Å²) in [5.74, 6) is 0.682. The van der Waals surface area contributed by atoms with Gasteiger partial charge in [-0.25, -0.2) is 4.68 Å². The standard InChI is InChI=1S/C20H19N5O3/c1-13-3-2-4-15(9-13)23-19(27)11-28-16-7-5-14(6-8-16)17-10-18(26)24-20-21-12-22-25(17)20/h2-9,12,17H,10-11H2,1H3,(H,23,27)(H,21,22,24,26). The van der Waals surface area contributed by atoms with Crippen LogP contribution in [0.3, 0.4) is 0 Å². The number of anilines is 2. The van der Waals surface area contributed by atoms with Crippen LogP contribution in [-0.4, -0.2) is 33.2 Å². The molecule has 0 saturated carbocycles. The monoisotopic (exact) mass is 377 g/mol. The van der Waals surface area contributed by atoms with Gasteiger partial charge < -0.3 is 10.1 Å². The Bertz CT molecular complexity index is 1010. The average Bonchev–Trinajstić information content (AvgIpc) is 3.14. The minimum absolute atomic E-state index is 0.0909. The van der Waals surface area contributed by atoms with Crippen molar-refractivity contribution in [1.82, 2.24) is 14.8 Å². The van der Waals surface area contributed by atoms with Crippen molar-refractivity contribution in [2.45, 2.75) is 19.4 Å². The van der Waals surface area contributed by atoms with Crippen molar-refractivity contribution in [3.63, 3.8) is 0 Å². The molecule has 1 atom stereocenters. The Hall–Kier alpha value is -3.68. The lowest BCUT2D eigenvalue weighted by molar-refractivity contribution is -0.118. The van der Waals surface area contributed by atoms with Crippen LogP contribution in [-0.2, 0) is 9.59 Å². The van der Waals surface area contributed by atoms with Gasteiger partial charge in [0, 0.05) is 5.69 Å². The van der Waals surface area contributed by atoms with Gasteiger partial charge in [-0.1, -0.05) is 24.3 Å². The molecule has 0 spiro atoms. The van der Waals surface area contributed by atoms with Crippen molar-refractivity contribution in [2.24, 2.45) is 0 Å². The van der Waals surface area contributed by atoms with Crippen LogP contribution in [0, 0.1) is 6.92 Å². The molecule has 1 aromatic heterocycles. The Balaban J connectivity index is 1.38. The van der Waals surface area contributed by atoms with Crippen LogP contribution in [0.5, 0.6) is 5.75 Å². The summed E-state index contributed by atoms with van der Waals surface area (Å²) >= 11 is 0. The lowest BCUT2D eigenvalue weighted by Gasteiger charge is -2.23. The second-order valence-electron chi connectivity index (χ2n) is 6.57. The minimum Gasteiger partial charge on any atom is -0.484 e. The van der Waals surface area contributed by atoms with Gasteiger partial charge in [0.25, 0.3) is 5.91 Å². The van der Waals surface area contributed by atoms with E-state index in [2.05, 4.69) is 20.7 Å². The fourth-order valence-electron chi connectivity index (χ4n) is 3.12. The first-order valence-corrected chi connectivity index (χ1v) is 8.87. The van der Waals surface area contributed by atoms with Gasteiger partial charge in [0.05, 0.1) is 12.5 Å². The number of nitrogens with one attached hydrogen (secondary N) is 2. The first-order chi connectivity index (χ1) is 13.6. The lowest BCUT2D eigenvalue weighted by atomic mass is 10.0. The zero-order valence-corrected chi connectivity index (χ0v) is 15.3. The van der Waals surface area contributed by atoms with Crippen LogP contribution in [0.2, 0.25) is 0 Å². The number of benzene rings is 2. The summed E-state index contributed by atoms with van der Waals surface area (Å²) in [7, 11) is 0. The SMILES string of the molecule is Cc1cccc(NC(=O)COc2ccc(C3CC(=O)Nc4ncnn43)cc2)c1. The zero-order valence-electron chi connectivity index (χ0n) is 15.3. The Morgan fingerprint density at radius 2 is 2.11 bits per heavy atom. The fourth-order valence-corrected chi connectivity index (χ4v) is 3.12. The van der Waals surface area contributed by atoms with Gasteiger partial charge in [0.15, 0.2) is 6.61 Å². The van der Waals surface area contributed by atoms with Crippen molar-refractivity contribution in [3.05, 3.63) is 66.0 Å². The number of carbonyl (C=O) groups is 2. The highest BCUT2D eigenvalue weighted by Gasteiger charge is 2.27. The lowest BCUT2D eigenvalue weighted by Crippen LogP contribution is -2.29. The van der Waals surface area contributed by atoms with Gasteiger partial charge in [-0.15, -0.1) is 0 Å². The van der Waals surface area contributed by atoms with Crippen LogP contribution in [0.4, 0.5) is 11.6 Å². The van der Waals surface area contributed by atoms with Crippen LogP contribution < -0.4 is 15.4 Å². The summed E-state index contributed by atoms with van der Waals surface area (Å²) < 4.78 is 7.25. The third-order valence-corrected chi connectivity index (χ3v) is 4.43. The molecule has 0 aliphatic carbocycles. The summed E-state index contributed by atoms with van der Waals surface area (Å²) in [6.45, 7) is 1.87. The second kappa shape index (κ2) is 7.51. The molecule has 2 aromatic carbocycles. The van der Waals surface area contributed by atoms with Crippen LogP contribution in [0.1, 0.15) is 23.6 Å². The number of aromatic nitrogens is 3. The molecule has 0 fully saturated rings.